The van der Waals surface area contributed by atoms with Gasteiger partial charge in [0.1, 0.15) is 5.70 Å². The molecule has 0 aromatic rings. The maximum Gasteiger partial charge on any atom is 0.184 e. The third kappa shape index (κ3) is 5.48. The van der Waals surface area contributed by atoms with Crippen LogP contribution in [-0.4, -0.2) is 42.0 Å². The Labute approximate surface area is 136 Å². The second kappa shape index (κ2) is 11.3. The Hall–Kier alpha value is -1.29. The van der Waals surface area contributed by atoms with Crippen molar-refractivity contribution in [2.75, 3.05) is 26.2 Å². The molecule has 128 valence electrons. The highest BCUT2D eigenvalue weighted by Gasteiger charge is 2.29. The van der Waals surface area contributed by atoms with Crippen LogP contribution in [0.1, 0.15) is 47.5 Å². The van der Waals surface area contributed by atoms with E-state index in [1.165, 1.54) is 0 Å². The summed E-state index contributed by atoms with van der Waals surface area (Å²) in [5.41, 5.74) is 1.44. The summed E-state index contributed by atoms with van der Waals surface area (Å²) in [6.45, 7) is 16.1. The van der Waals surface area contributed by atoms with Crippen LogP contribution in [-0.2, 0) is 4.79 Å². The van der Waals surface area contributed by atoms with Gasteiger partial charge in [0.05, 0.1) is 12.3 Å². The summed E-state index contributed by atoms with van der Waals surface area (Å²) < 4.78 is 0. The lowest BCUT2D eigenvalue weighted by Gasteiger charge is -2.30. The van der Waals surface area contributed by atoms with Crippen molar-refractivity contribution in [3.8, 4) is 0 Å². The average molecular weight is 310 g/mol. The van der Waals surface area contributed by atoms with Crippen LogP contribution < -0.4 is 5.32 Å². The Kier molecular flexibility index (Phi) is 10.6. The highest BCUT2D eigenvalue weighted by molar-refractivity contribution is 5.97. The largest absolute Gasteiger partial charge is 0.395 e. The molecular weight excluding hydrogens is 276 g/mol. The Morgan fingerprint density at radius 1 is 1.27 bits per heavy atom. The molecule has 0 radical (unpaired) electrons. The summed E-state index contributed by atoms with van der Waals surface area (Å²) in [4.78, 5) is 15.1. The second-order valence-corrected chi connectivity index (χ2v) is 5.56. The maximum absolute atomic E-state index is 13.2. The molecule has 0 aliphatic carbocycles. The fourth-order valence-electron chi connectivity index (χ4n) is 2.76. The number of hydrogen-bond donors (Lipinski definition) is 2. The Morgan fingerprint density at radius 3 is 2.27 bits per heavy atom. The van der Waals surface area contributed by atoms with E-state index in [9.17, 15) is 9.90 Å². The molecule has 0 saturated carbocycles. The zero-order valence-corrected chi connectivity index (χ0v) is 15.0. The lowest BCUT2D eigenvalue weighted by molar-refractivity contribution is -0.122. The van der Waals surface area contributed by atoms with E-state index in [0.717, 1.165) is 25.1 Å². The minimum absolute atomic E-state index is 0.00125. The van der Waals surface area contributed by atoms with E-state index in [0.29, 0.717) is 24.7 Å². The summed E-state index contributed by atoms with van der Waals surface area (Å²) in [6.07, 6.45) is 3.51. The van der Waals surface area contributed by atoms with Gasteiger partial charge in [-0.3, -0.25) is 4.79 Å². The summed E-state index contributed by atoms with van der Waals surface area (Å²) in [7, 11) is 0. The number of nitrogens with one attached hydrogen (secondary N) is 1. The summed E-state index contributed by atoms with van der Waals surface area (Å²) in [6, 6.07) is 0. The van der Waals surface area contributed by atoms with Crippen LogP contribution in [0, 0.1) is 11.8 Å². The van der Waals surface area contributed by atoms with Gasteiger partial charge in [0.2, 0.25) is 0 Å². The minimum atomic E-state index is 0.00125. The molecular formula is C18H34N2O2. The molecule has 4 nitrogen and oxygen atoms in total. The number of likely N-dealkylation sites (N-methyl/N-ethyl adjacent to an activating group) is 2. The first-order valence-electron chi connectivity index (χ1n) is 8.52. The molecule has 0 spiro atoms. The summed E-state index contributed by atoms with van der Waals surface area (Å²) in [5, 5.41) is 12.6. The molecule has 22 heavy (non-hydrogen) atoms. The van der Waals surface area contributed by atoms with Crippen molar-refractivity contribution in [2.24, 2.45) is 11.8 Å². The molecule has 0 bridgehead atoms. The van der Waals surface area contributed by atoms with Gasteiger partial charge in [-0.1, -0.05) is 33.8 Å². The number of rotatable bonds is 12. The van der Waals surface area contributed by atoms with E-state index >= 15 is 0 Å². The fraction of sp³-hybridized carbons (Fsp3) is 0.722. The highest BCUT2D eigenvalue weighted by atomic mass is 16.3. The van der Waals surface area contributed by atoms with Crippen molar-refractivity contribution in [1.82, 2.24) is 10.2 Å². The van der Waals surface area contributed by atoms with Crippen LogP contribution in [0.3, 0.4) is 0 Å². The normalized spacial score (nSPS) is 14.8. The van der Waals surface area contributed by atoms with Crippen molar-refractivity contribution in [3.63, 3.8) is 0 Å². The lowest BCUT2D eigenvalue weighted by atomic mass is 9.84. The van der Waals surface area contributed by atoms with Crippen molar-refractivity contribution in [3.05, 3.63) is 24.0 Å². The predicted octanol–water partition coefficient (Wildman–Crippen LogP) is 2.95. The number of hydrogen-bond acceptors (Lipinski definition) is 4. The van der Waals surface area contributed by atoms with Gasteiger partial charge in [0.15, 0.2) is 5.78 Å². The lowest BCUT2D eigenvalue weighted by Crippen LogP contribution is -2.37. The van der Waals surface area contributed by atoms with Crippen LogP contribution >= 0.6 is 0 Å². The van der Waals surface area contributed by atoms with Gasteiger partial charge in [-0.2, -0.15) is 0 Å². The molecule has 0 aromatic carbocycles. The maximum atomic E-state index is 13.2. The zero-order chi connectivity index (χ0) is 17.1. The molecule has 0 amide bonds. The van der Waals surface area contributed by atoms with Crippen LogP contribution in [0.4, 0.5) is 0 Å². The first-order valence-corrected chi connectivity index (χ1v) is 8.52. The van der Waals surface area contributed by atoms with Gasteiger partial charge in [-0.05, 0) is 32.3 Å². The van der Waals surface area contributed by atoms with Crippen molar-refractivity contribution in [2.45, 2.75) is 47.5 Å². The molecule has 2 atom stereocenters. The fourth-order valence-corrected chi connectivity index (χ4v) is 2.76. The third-order valence-corrected chi connectivity index (χ3v) is 4.24. The van der Waals surface area contributed by atoms with Crippen molar-refractivity contribution in [1.29, 1.82) is 0 Å². The van der Waals surface area contributed by atoms with Crippen LogP contribution in [0.2, 0.25) is 0 Å². The summed E-state index contributed by atoms with van der Waals surface area (Å²) in [5.74, 6) is 0.498. The standard InChI is InChI=1S/C18H34N2O2/c1-7-14(6)15(8-2)18(22)17(16(9-3)19-10-4)20(11-5)12-13-21/h9,14-15,19,21H,3,7-8,10-13H2,1-2,4-6H3/b17-16-/t14?,15-/m0/s1. The molecule has 0 rings (SSSR count). The van der Waals surface area contributed by atoms with Crippen LogP contribution in [0.25, 0.3) is 0 Å². The molecule has 1 unspecified atom stereocenters. The van der Waals surface area contributed by atoms with Gasteiger partial charge in [-0.25, -0.2) is 0 Å². The number of aliphatic hydroxyl groups excluding tert-OH is 1. The van der Waals surface area contributed by atoms with E-state index in [1.807, 2.05) is 18.7 Å². The molecule has 0 saturated heterocycles. The Balaban J connectivity index is 5.83. The third-order valence-electron chi connectivity index (χ3n) is 4.24. The molecule has 0 aromatic heterocycles. The highest BCUT2D eigenvalue weighted by Crippen LogP contribution is 2.25. The van der Waals surface area contributed by atoms with Crippen LogP contribution in [0.15, 0.2) is 24.0 Å². The summed E-state index contributed by atoms with van der Waals surface area (Å²) >= 11 is 0. The second-order valence-electron chi connectivity index (χ2n) is 5.56. The average Bonchev–Trinajstić information content (AvgIpc) is 2.53. The quantitative estimate of drug-likeness (QED) is 0.430. The minimum Gasteiger partial charge on any atom is -0.395 e. The molecule has 0 fully saturated rings. The first kappa shape index (κ1) is 20.7. The number of aliphatic hydroxyl groups is 1. The van der Waals surface area contributed by atoms with Gasteiger partial charge in [-0.15, -0.1) is 0 Å². The van der Waals surface area contributed by atoms with Crippen molar-refractivity contribution < 1.29 is 9.90 Å². The van der Waals surface area contributed by atoms with Gasteiger partial charge < -0.3 is 15.3 Å². The number of carbonyl (C=O) groups excluding carboxylic acids is 1. The van der Waals surface area contributed by atoms with Crippen LogP contribution in [0.5, 0.6) is 0 Å². The van der Waals surface area contributed by atoms with Gasteiger partial charge in [0, 0.05) is 25.6 Å². The predicted molar refractivity (Wildman–Crippen MR) is 93.5 cm³/mol. The van der Waals surface area contributed by atoms with E-state index in [4.69, 9.17) is 0 Å². The number of ketones is 1. The first-order chi connectivity index (χ1) is 10.5. The molecule has 0 aliphatic heterocycles. The number of allylic oxidation sites excluding steroid dienone is 2. The number of carbonyl (C=O) groups is 1. The van der Waals surface area contributed by atoms with E-state index in [2.05, 4.69) is 32.7 Å². The SMILES string of the molecule is C=C/C(NCC)=C(\C(=O)[C@@H](CC)C(C)CC)N(CC)CCO. The Morgan fingerprint density at radius 2 is 1.91 bits per heavy atom. The van der Waals surface area contributed by atoms with Crippen molar-refractivity contribution >= 4 is 5.78 Å². The number of nitrogens with zero attached hydrogens (tertiary/aromatic N) is 1. The van der Waals surface area contributed by atoms with E-state index in [1.54, 1.807) is 6.08 Å². The molecule has 0 aliphatic rings. The van der Waals surface area contributed by atoms with E-state index in [-0.39, 0.29) is 18.3 Å². The smallest absolute Gasteiger partial charge is 0.184 e. The topological polar surface area (TPSA) is 52.6 Å². The molecule has 4 heteroatoms. The molecule has 0 heterocycles. The Bertz CT molecular complexity index is 377. The number of Topliss-reactive ketones (excluding diaryl/α,β-unsaturated/α-hetero) is 1. The molecule has 2 N–H and O–H groups in total. The monoisotopic (exact) mass is 310 g/mol. The van der Waals surface area contributed by atoms with Gasteiger partial charge in [0.25, 0.3) is 0 Å². The van der Waals surface area contributed by atoms with E-state index < -0.39 is 0 Å². The van der Waals surface area contributed by atoms with Gasteiger partial charge >= 0.3 is 0 Å². The zero-order valence-electron chi connectivity index (χ0n) is 15.0.